The molecule has 98 valence electrons. The number of nitrogens with two attached hydrogens (primary N) is 1. The summed E-state index contributed by atoms with van der Waals surface area (Å²) in [5, 5.41) is 1.14. The van der Waals surface area contributed by atoms with Crippen molar-refractivity contribution < 1.29 is 0 Å². The third-order valence-corrected chi connectivity index (χ3v) is 4.19. The maximum atomic E-state index is 6.33. The van der Waals surface area contributed by atoms with E-state index >= 15 is 0 Å². The molecule has 1 aromatic rings. The zero-order chi connectivity index (χ0) is 13.5. The lowest BCUT2D eigenvalue weighted by molar-refractivity contribution is 0.185. The van der Waals surface area contributed by atoms with Crippen molar-refractivity contribution in [2.45, 2.75) is 32.4 Å². The van der Waals surface area contributed by atoms with Crippen LogP contribution < -0.4 is 5.73 Å². The standard InChI is InChI=1S/C13H17Cl2N3/c1-8(2)18-12(16)17-7-13(18,3)9-5-4-6-10(14)11(9)15/h4-6,8H,7H2,1-3H3,(H2,16,17). The molecule has 0 saturated heterocycles. The molecular formula is C13H17Cl2N3. The van der Waals surface area contributed by atoms with Crippen LogP contribution in [-0.4, -0.2) is 23.4 Å². The molecule has 1 aliphatic rings. The number of halogens is 2. The minimum absolute atomic E-state index is 0.247. The quantitative estimate of drug-likeness (QED) is 0.906. The monoisotopic (exact) mass is 285 g/mol. The molecule has 5 heteroatoms. The highest BCUT2D eigenvalue weighted by molar-refractivity contribution is 6.42. The van der Waals surface area contributed by atoms with Gasteiger partial charge in [0.1, 0.15) is 0 Å². The van der Waals surface area contributed by atoms with E-state index in [2.05, 4.69) is 30.7 Å². The zero-order valence-corrected chi connectivity index (χ0v) is 12.3. The molecule has 1 atom stereocenters. The second-order valence-corrected chi connectivity index (χ2v) is 5.80. The molecule has 2 N–H and O–H groups in total. The number of hydrogen-bond donors (Lipinski definition) is 1. The highest BCUT2D eigenvalue weighted by Crippen LogP contribution is 2.40. The van der Waals surface area contributed by atoms with Crippen LogP contribution >= 0.6 is 23.2 Å². The molecule has 1 aromatic carbocycles. The molecule has 1 aliphatic heterocycles. The van der Waals surface area contributed by atoms with Gasteiger partial charge in [0, 0.05) is 6.04 Å². The van der Waals surface area contributed by atoms with Crippen LogP contribution in [-0.2, 0) is 5.54 Å². The summed E-state index contributed by atoms with van der Waals surface area (Å²) in [4.78, 5) is 6.45. The van der Waals surface area contributed by atoms with Crippen molar-refractivity contribution in [1.29, 1.82) is 0 Å². The number of rotatable bonds is 2. The van der Waals surface area contributed by atoms with Gasteiger partial charge in [0.15, 0.2) is 5.96 Å². The van der Waals surface area contributed by atoms with Gasteiger partial charge in [-0.1, -0.05) is 35.3 Å². The van der Waals surface area contributed by atoms with E-state index in [1.54, 1.807) is 6.07 Å². The van der Waals surface area contributed by atoms with Crippen molar-refractivity contribution >= 4 is 29.2 Å². The Bertz CT molecular complexity index is 499. The van der Waals surface area contributed by atoms with Crippen LogP contribution in [0.2, 0.25) is 10.0 Å². The van der Waals surface area contributed by atoms with Crippen LogP contribution in [0.15, 0.2) is 23.2 Å². The summed E-state index contributed by atoms with van der Waals surface area (Å²) in [7, 11) is 0. The number of hydrogen-bond acceptors (Lipinski definition) is 3. The minimum atomic E-state index is -0.333. The zero-order valence-electron chi connectivity index (χ0n) is 10.7. The Morgan fingerprint density at radius 2 is 2.06 bits per heavy atom. The first kappa shape index (κ1) is 13.5. The molecular weight excluding hydrogens is 269 g/mol. The van der Waals surface area contributed by atoms with Crippen LogP contribution in [0.5, 0.6) is 0 Å². The number of guanidine groups is 1. The van der Waals surface area contributed by atoms with E-state index in [0.717, 1.165) is 5.56 Å². The Morgan fingerprint density at radius 3 is 2.67 bits per heavy atom. The minimum Gasteiger partial charge on any atom is -0.370 e. The Balaban J connectivity index is 2.52. The summed E-state index contributed by atoms with van der Waals surface area (Å²) >= 11 is 12.4. The van der Waals surface area contributed by atoms with Gasteiger partial charge in [-0.3, -0.25) is 4.99 Å². The number of aliphatic imine (C=N–C) groups is 1. The maximum absolute atomic E-state index is 6.33. The van der Waals surface area contributed by atoms with Crippen LogP contribution in [0.1, 0.15) is 26.3 Å². The summed E-state index contributed by atoms with van der Waals surface area (Å²) in [6.45, 7) is 6.86. The lowest BCUT2D eigenvalue weighted by Gasteiger charge is -2.40. The van der Waals surface area contributed by atoms with Crippen molar-refractivity contribution in [3.63, 3.8) is 0 Å². The smallest absolute Gasteiger partial charge is 0.192 e. The normalized spacial score (nSPS) is 23.7. The molecule has 0 spiro atoms. The predicted molar refractivity (Wildman–Crippen MR) is 77.3 cm³/mol. The highest BCUT2D eigenvalue weighted by atomic mass is 35.5. The Hall–Kier alpha value is -0.930. The summed E-state index contributed by atoms with van der Waals surface area (Å²) in [6, 6.07) is 5.92. The molecule has 1 unspecified atom stereocenters. The van der Waals surface area contributed by atoms with Crippen molar-refractivity contribution in [2.75, 3.05) is 6.54 Å². The Morgan fingerprint density at radius 1 is 1.39 bits per heavy atom. The van der Waals surface area contributed by atoms with Gasteiger partial charge < -0.3 is 10.6 Å². The van der Waals surface area contributed by atoms with Gasteiger partial charge in [0.2, 0.25) is 0 Å². The van der Waals surface area contributed by atoms with Gasteiger partial charge in [-0.2, -0.15) is 0 Å². The molecule has 0 saturated carbocycles. The van der Waals surface area contributed by atoms with Crippen molar-refractivity contribution in [3.8, 4) is 0 Å². The molecule has 18 heavy (non-hydrogen) atoms. The second kappa shape index (κ2) is 4.63. The summed E-state index contributed by atoms with van der Waals surface area (Å²) in [5.41, 5.74) is 6.61. The second-order valence-electron chi connectivity index (χ2n) is 5.01. The van der Waals surface area contributed by atoms with E-state index in [4.69, 9.17) is 28.9 Å². The van der Waals surface area contributed by atoms with Gasteiger partial charge in [-0.25, -0.2) is 0 Å². The maximum Gasteiger partial charge on any atom is 0.192 e. The van der Waals surface area contributed by atoms with E-state index in [-0.39, 0.29) is 11.6 Å². The summed E-state index contributed by atoms with van der Waals surface area (Å²) in [6.07, 6.45) is 0. The molecule has 0 fully saturated rings. The molecule has 2 rings (SSSR count). The molecule has 0 radical (unpaired) electrons. The van der Waals surface area contributed by atoms with Gasteiger partial charge in [0.25, 0.3) is 0 Å². The van der Waals surface area contributed by atoms with Crippen molar-refractivity contribution in [3.05, 3.63) is 33.8 Å². The average molecular weight is 286 g/mol. The molecule has 0 aromatic heterocycles. The summed E-state index contributed by atoms with van der Waals surface area (Å²) in [5.74, 6) is 0.559. The Labute approximate surface area is 118 Å². The van der Waals surface area contributed by atoms with Gasteiger partial charge in [-0.15, -0.1) is 0 Å². The number of benzene rings is 1. The third-order valence-electron chi connectivity index (χ3n) is 3.38. The molecule has 0 amide bonds. The van der Waals surface area contributed by atoms with Gasteiger partial charge in [-0.05, 0) is 32.4 Å². The Kier molecular flexibility index (Phi) is 3.47. The van der Waals surface area contributed by atoms with Gasteiger partial charge >= 0.3 is 0 Å². The fraction of sp³-hybridized carbons (Fsp3) is 0.462. The molecule has 0 aliphatic carbocycles. The fourth-order valence-electron chi connectivity index (χ4n) is 2.61. The van der Waals surface area contributed by atoms with E-state index < -0.39 is 0 Å². The highest BCUT2D eigenvalue weighted by Gasteiger charge is 2.42. The first-order valence-corrected chi connectivity index (χ1v) is 6.67. The van der Waals surface area contributed by atoms with Crippen molar-refractivity contribution in [2.24, 2.45) is 10.7 Å². The van der Waals surface area contributed by atoms with E-state index in [9.17, 15) is 0 Å². The molecule has 3 nitrogen and oxygen atoms in total. The topological polar surface area (TPSA) is 41.6 Å². The SMILES string of the molecule is CC(C)N1C(N)=NCC1(C)c1cccc(Cl)c1Cl. The van der Waals surface area contributed by atoms with Crippen LogP contribution in [0.25, 0.3) is 0 Å². The fourth-order valence-corrected chi connectivity index (χ4v) is 3.11. The first-order valence-electron chi connectivity index (χ1n) is 5.91. The van der Waals surface area contributed by atoms with Crippen LogP contribution in [0.4, 0.5) is 0 Å². The van der Waals surface area contributed by atoms with Gasteiger partial charge in [0.05, 0.1) is 22.1 Å². The summed E-state index contributed by atoms with van der Waals surface area (Å²) < 4.78 is 0. The van der Waals surface area contributed by atoms with Crippen LogP contribution in [0, 0.1) is 0 Å². The van der Waals surface area contributed by atoms with E-state index in [1.807, 2.05) is 12.1 Å². The lowest BCUT2D eigenvalue weighted by atomic mass is 9.90. The molecule has 1 heterocycles. The first-order chi connectivity index (χ1) is 8.38. The van der Waals surface area contributed by atoms with E-state index in [1.165, 1.54) is 0 Å². The van der Waals surface area contributed by atoms with Crippen molar-refractivity contribution in [1.82, 2.24) is 4.90 Å². The van der Waals surface area contributed by atoms with E-state index in [0.29, 0.717) is 22.5 Å². The third kappa shape index (κ3) is 1.95. The molecule has 0 bridgehead atoms. The largest absolute Gasteiger partial charge is 0.370 e. The average Bonchev–Trinajstić information content (AvgIpc) is 2.59. The van der Waals surface area contributed by atoms with Crippen LogP contribution in [0.3, 0.4) is 0 Å². The lowest BCUT2D eigenvalue weighted by Crippen LogP contribution is -2.51. The predicted octanol–water partition coefficient (Wildman–Crippen LogP) is 3.25. The number of nitrogens with zero attached hydrogens (tertiary/aromatic N) is 2.